The summed E-state index contributed by atoms with van der Waals surface area (Å²) in [7, 11) is 0. The number of aromatic nitrogens is 1. The van der Waals surface area contributed by atoms with Gasteiger partial charge in [-0.3, -0.25) is 14.4 Å². The Labute approximate surface area is 167 Å². The van der Waals surface area contributed by atoms with Crippen LogP contribution in [0.1, 0.15) is 21.2 Å². The van der Waals surface area contributed by atoms with E-state index in [-0.39, 0.29) is 22.6 Å². The molecule has 3 aromatic rings. The number of carbonyl (C=O) groups is 2. The zero-order chi connectivity index (χ0) is 18.7. The highest BCUT2D eigenvalue weighted by molar-refractivity contribution is 8.00. The number of nitrogens with zero attached hydrogens (tertiary/aromatic N) is 1. The molecule has 5 nitrogen and oxygen atoms in total. The molecule has 2 aliphatic heterocycles. The van der Waals surface area contributed by atoms with E-state index < -0.39 is 11.2 Å². The van der Waals surface area contributed by atoms with Crippen LogP contribution in [0.25, 0.3) is 0 Å². The van der Waals surface area contributed by atoms with Crippen molar-refractivity contribution in [3.05, 3.63) is 66.8 Å². The van der Waals surface area contributed by atoms with Crippen LogP contribution in [0.2, 0.25) is 0 Å². The Hall–Kier alpha value is -2.16. The van der Waals surface area contributed by atoms with Crippen molar-refractivity contribution >= 4 is 51.9 Å². The lowest BCUT2D eigenvalue weighted by atomic mass is 9.87. The number of rotatable bonds is 2. The number of aryl methyl sites for hydroxylation is 1. The highest BCUT2D eigenvalue weighted by Crippen LogP contribution is 2.53. The third kappa shape index (κ3) is 2.55. The van der Waals surface area contributed by atoms with Gasteiger partial charge in [0.1, 0.15) is 5.25 Å². The molecule has 0 unspecified atom stereocenters. The molecule has 0 spiro atoms. The number of hydrogen-bond donors (Lipinski definition) is 1. The first-order valence-corrected chi connectivity index (χ1v) is 11.0. The Bertz CT molecular complexity index is 1100. The largest absolute Gasteiger partial charge is 0.307 e. The minimum Gasteiger partial charge on any atom is -0.307 e. The first-order chi connectivity index (χ1) is 13.0. The smallest absolute Gasteiger partial charge is 0.305 e. The number of benzene rings is 1. The average Bonchev–Trinajstić information content (AvgIpc) is 3.34. The van der Waals surface area contributed by atoms with E-state index in [1.54, 1.807) is 11.3 Å². The molecule has 1 fully saturated rings. The van der Waals surface area contributed by atoms with Gasteiger partial charge in [-0.05, 0) is 30.5 Å². The number of thioether (sulfide) groups is 1. The van der Waals surface area contributed by atoms with Gasteiger partial charge in [0.05, 0.1) is 16.6 Å². The van der Waals surface area contributed by atoms with Crippen molar-refractivity contribution in [3.63, 3.8) is 0 Å². The first-order valence-electron chi connectivity index (χ1n) is 8.42. The average molecular weight is 415 g/mol. The van der Waals surface area contributed by atoms with Gasteiger partial charge in [-0.15, -0.1) is 11.3 Å². The van der Waals surface area contributed by atoms with Gasteiger partial charge in [0.25, 0.3) is 0 Å². The second kappa shape index (κ2) is 6.19. The van der Waals surface area contributed by atoms with Gasteiger partial charge in [-0.2, -0.15) is 0 Å². The third-order valence-corrected chi connectivity index (χ3v) is 8.32. The van der Waals surface area contributed by atoms with Crippen molar-refractivity contribution in [2.24, 2.45) is 5.92 Å². The summed E-state index contributed by atoms with van der Waals surface area (Å²) in [5.74, 6) is -1.16. The van der Waals surface area contributed by atoms with Crippen LogP contribution in [-0.4, -0.2) is 22.0 Å². The Morgan fingerprint density at radius 3 is 2.52 bits per heavy atom. The monoisotopic (exact) mass is 414 g/mol. The summed E-state index contributed by atoms with van der Waals surface area (Å²) in [6.45, 7) is 1.97. The van der Waals surface area contributed by atoms with Crippen molar-refractivity contribution in [1.82, 2.24) is 4.98 Å². The standard InChI is InChI=1S/C19H14N2O3S3/c1-9-4-6-10(7-5-9)21-17(22)13-12(11-3-2-8-25-11)14-16(20-19(24)27-14)26-15(13)18(21)23/h2-8,12-13,15H,1H3,(H,20,24)/t12-,13-,15+/m0/s1. The van der Waals surface area contributed by atoms with Gasteiger partial charge in [0.2, 0.25) is 11.8 Å². The van der Waals surface area contributed by atoms with Crippen LogP contribution < -0.4 is 9.77 Å². The number of hydrogen-bond acceptors (Lipinski definition) is 6. The molecule has 0 bridgehead atoms. The lowest BCUT2D eigenvalue weighted by Crippen LogP contribution is -2.32. The number of H-pyrrole nitrogens is 1. The molecule has 136 valence electrons. The summed E-state index contributed by atoms with van der Waals surface area (Å²) >= 11 is 4.00. The van der Waals surface area contributed by atoms with Gasteiger partial charge in [0, 0.05) is 15.7 Å². The molecule has 2 amide bonds. The number of imide groups is 1. The summed E-state index contributed by atoms with van der Waals surface area (Å²) < 4.78 is 0. The van der Waals surface area contributed by atoms with E-state index in [0.717, 1.165) is 31.7 Å². The number of thiophene rings is 1. The lowest BCUT2D eigenvalue weighted by molar-refractivity contribution is -0.122. The third-order valence-electron chi connectivity index (χ3n) is 4.97. The molecule has 1 saturated heterocycles. The number of aromatic amines is 1. The maximum absolute atomic E-state index is 13.4. The fourth-order valence-corrected chi connectivity index (χ4v) is 7.20. The molecule has 2 aromatic heterocycles. The fourth-order valence-electron chi connectivity index (χ4n) is 3.74. The topological polar surface area (TPSA) is 70.2 Å². The van der Waals surface area contributed by atoms with E-state index in [0.29, 0.717) is 5.69 Å². The molecule has 0 saturated carbocycles. The summed E-state index contributed by atoms with van der Waals surface area (Å²) in [5.41, 5.74) is 1.67. The van der Waals surface area contributed by atoms with Crippen LogP contribution in [0.3, 0.4) is 0 Å². The predicted molar refractivity (Wildman–Crippen MR) is 108 cm³/mol. The quantitative estimate of drug-likeness (QED) is 0.651. The molecule has 2 aliphatic rings. The van der Waals surface area contributed by atoms with Gasteiger partial charge < -0.3 is 4.98 Å². The number of carbonyl (C=O) groups excluding carboxylic acids is 2. The molecule has 4 heterocycles. The summed E-state index contributed by atoms with van der Waals surface area (Å²) in [6, 6.07) is 11.3. The Morgan fingerprint density at radius 2 is 1.81 bits per heavy atom. The van der Waals surface area contributed by atoms with Gasteiger partial charge in [-0.25, -0.2) is 4.90 Å². The number of anilines is 1. The van der Waals surface area contributed by atoms with Crippen LogP contribution in [0.4, 0.5) is 5.69 Å². The zero-order valence-corrected chi connectivity index (χ0v) is 16.6. The zero-order valence-electron chi connectivity index (χ0n) is 14.2. The van der Waals surface area contributed by atoms with E-state index in [4.69, 9.17) is 0 Å². The predicted octanol–water partition coefficient (Wildman–Crippen LogP) is 3.60. The van der Waals surface area contributed by atoms with E-state index >= 15 is 0 Å². The first kappa shape index (κ1) is 17.0. The number of amides is 2. The molecular weight excluding hydrogens is 400 g/mol. The minimum atomic E-state index is -0.524. The second-order valence-electron chi connectivity index (χ2n) is 6.61. The maximum Gasteiger partial charge on any atom is 0.305 e. The highest BCUT2D eigenvalue weighted by Gasteiger charge is 2.56. The molecule has 5 rings (SSSR count). The highest BCUT2D eigenvalue weighted by atomic mass is 32.2. The van der Waals surface area contributed by atoms with Crippen LogP contribution in [0, 0.1) is 12.8 Å². The lowest BCUT2D eigenvalue weighted by Gasteiger charge is -2.28. The van der Waals surface area contributed by atoms with E-state index in [2.05, 4.69) is 4.98 Å². The normalized spacial score (nSPS) is 24.2. The molecule has 1 aromatic carbocycles. The van der Waals surface area contributed by atoms with Crippen LogP contribution in [0.5, 0.6) is 0 Å². The van der Waals surface area contributed by atoms with Gasteiger partial charge in [0.15, 0.2) is 0 Å². The SMILES string of the molecule is Cc1ccc(N2C(=O)[C@H]3[C@H](c4cccs4)c4sc(=O)[nH]c4S[C@H]3C2=O)cc1. The van der Waals surface area contributed by atoms with Crippen LogP contribution in [-0.2, 0) is 9.59 Å². The molecule has 27 heavy (non-hydrogen) atoms. The molecule has 1 N–H and O–H groups in total. The molecular formula is C19H14N2O3S3. The van der Waals surface area contributed by atoms with Gasteiger partial charge >= 0.3 is 4.87 Å². The summed E-state index contributed by atoms with van der Waals surface area (Å²) in [6.07, 6.45) is 0. The number of nitrogens with one attached hydrogen (secondary N) is 1. The Kier molecular flexibility index (Phi) is 3.89. The van der Waals surface area contributed by atoms with Crippen LogP contribution in [0.15, 0.2) is 51.6 Å². The van der Waals surface area contributed by atoms with Crippen molar-refractivity contribution in [1.29, 1.82) is 0 Å². The van der Waals surface area contributed by atoms with Crippen molar-refractivity contribution < 1.29 is 9.59 Å². The number of fused-ring (bicyclic) bond motifs is 2. The van der Waals surface area contributed by atoms with E-state index in [1.807, 2.05) is 48.7 Å². The van der Waals surface area contributed by atoms with Gasteiger partial charge in [-0.1, -0.05) is 46.9 Å². The maximum atomic E-state index is 13.4. The van der Waals surface area contributed by atoms with E-state index in [1.165, 1.54) is 16.7 Å². The molecule has 0 aliphatic carbocycles. The number of thiazole rings is 1. The fraction of sp³-hybridized carbons (Fsp3) is 0.211. The summed E-state index contributed by atoms with van der Waals surface area (Å²) in [5, 5.41) is 2.15. The minimum absolute atomic E-state index is 0.149. The Morgan fingerprint density at radius 1 is 1.04 bits per heavy atom. The Balaban J connectivity index is 1.64. The molecule has 3 atom stereocenters. The van der Waals surface area contributed by atoms with Crippen molar-refractivity contribution in [3.8, 4) is 0 Å². The van der Waals surface area contributed by atoms with Crippen LogP contribution >= 0.6 is 34.4 Å². The molecule has 8 heteroatoms. The summed E-state index contributed by atoms with van der Waals surface area (Å²) in [4.78, 5) is 44.4. The van der Waals surface area contributed by atoms with E-state index in [9.17, 15) is 14.4 Å². The van der Waals surface area contributed by atoms with Crippen molar-refractivity contribution in [2.75, 3.05) is 4.90 Å². The van der Waals surface area contributed by atoms with Crippen molar-refractivity contribution in [2.45, 2.75) is 23.1 Å². The second-order valence-corrected chi connectivity index (χ2v) is 9.76. The molecule has 0 radical (unpaired) electrons.